The van der Waals surface area contributed by atoms with Gasteiger partial charge >= 0.3 is 0 Å². The summed E-state index contributed by atoms with van der Waals surface area (Å²) in [4.78, 5) is 8.38. The highest BCUT2D eigenvalue weighted by atomic mass is 14.6. The smallest absolute Gasteiger partial charge is 0.0270 e. The highest BCUT2D eigenvalue weighted by molar-refractivity contribution is 5.50. The summed E-state index contributed by atoms with van der Waals surface area (Å²) >= 11 is 0. The number of rotatable bonds is 12. The molecule has 2 nitrogen and oxygen atoms in total. The molecule has 0 aromatic carbocycles. The largest absolute Gasteiger partial charge is 0.265 e. The fraction of sp³-hybridized carbons (Fsp3) is 0.389. The Hall–Kier alpha value is -3.26. The number of nitrogens with zero attached hydrogens (tertiary/aromatic N) is 2. The zero-order chi connectivity index (χ0) is 26.4. The molecule has 2 heteroatoms. The number of aromatic nitrogens is 2. The minimum atomic E-state index is 0.609. The molecule has 0 saturated heterocycles. The number of allylic oxidation sites excluding steroid dienone is 11. The summed E-state index contributed by atoms with van der Waals surface area (Å²) in [7, 11) is 0. The molecule has 0 fully saturated rings. The van der Waals surface area contributed by atoms with Crippen LogP contribution < -0.4 is 0 Å². The zero-order valence-electron chi connectivity index (χ0n) is 23.2. The van der Waals surface area contributed by atoms with Crippen LogP contribution in [0.4, 0.5) is 0 Å². The van der Waals surface area contributed by atoms with Crippen molar-refractivity contribution >= 4 is 0 Å². The van der Waals surface area contributed by atoms with E-state index in [0.717, 1.165) is 24.8 Å². The van der Waals surface area contributed by atoms with Crippen molar-refractivity contribution in [1.82, 2.24) is 9.97 Å². The standard InChI is InChI=1S/C36H44N2/c1-3-4-12-33(34-20-24-38-25-21-34)13-5-6-14-35-26-29(2)9-7-15-36(35)28-31-11-8-10-30(16-17-31)27-32-18-22-37-23-19-32/h6-7,9-10,14-15,18-26,31,33H,2-5,8,11-13,16-17,27-28H2,1H3. The maximum Gasteiger partial charge on any atom is 0.0270 e. The predicted molar refractivity (Wildman–Crippen MR) is 162 cm³/mol. The molecule has 2 aromatic heterocycles. The van der Waals surface area contributed by atoms with Gasteiger partial charge in [-0.1, -0.05) is 68.4 Å². The molecule has 0 N–H and O–H groups in total. The Morgan fingerprint density at radius 3 is 2.61 bits per heavy atom. The summed E-state index contributed by atoms with van der Waals surface area (Å²) in [5.41, 5.74) is 8.26. The van der Waals surface area contributed by atoms with Gasteiger partial charge < -0.3 is 0 Å². The SMILES string of the molecule is C=C1C=CC=C(CC2CCC=C(Cc3ccncc3)CC2)C(C=CCCC(CCCC)c2ccncc2)=C1. The van der Waals surface area contributed by atoms with Crippen LogP contribution in [0.3, 0.4) is 0 Å². The zero-order valence-corrected chi connectivity index (χ0v) is 23.2. The molecule has 2 aromatic rings. The van der Waals surface area contributed by atoms with Crippen LogP contribution in [0.1, 0.15) is 88.2 Å². The van der Waals surface area contributed by atoms with Gasteiger partial charge in [-0.2, -0.15) is 0 Å². The molecule has 0 radical (unpaired) electrons. The van der Waals surface area contributed by atoms with Crippen LogP contribution in [0.15, 0.2) is 120 Å². The van der Waals surface area contributed by atoms with E-state index in [9.17, 15) is 0 Å². The van der Waals surface area contributed by atoms with E-state index in [1.165, 1.54) is 73.6 Å². The van der Waals surface area contributed by atoms with E-state index in [1.807, 2.05) is 24.8 Å². The van der Waals surface area contributed by atoms with Crippen molar-refractivity contribution in [3.8, 4) is 0 Å². The van der Waals surface area contributed by atoms with Crippen molar-refractivity contribution < 1.29 is 0 Å². The Bertz CT molecular complexity index is 1160. The normalized spacial score (nSPS) is 18.9. The van der Waals surface area contributed by atoms with Crippen LogP contribution in [-0.2, 0) is 6.42 Å². The van der Waals surface area contributed by atoms with E-state index < -0.39 is 0 Å². The Balaban J connectivity index is 1.34. The average molecular weight is 505 g/mol. The Kier molecular flexibility index (Phi) is 11.1. The van der Waals surface area contributed by atoms with E-state index >= 15 is 0 Å². The third kappa shape index (κ3) is 8.94. The lowest BCUT2D eigenvalue weighted by molar-refractivity contribution is 0.462. The van der Waals surface area contributed by atoms with Crippen LogP contribution >= 0.6 is 0 Å². The predicted octanol–water partition coefficient (Wildman–Crippen LogP) is 9.81. The number of unbranched alkanes of at least 4 members (excludes halogenated alkanes) is 1. The van der Waals surface area contributed by atoms with Crippen LogP contribution in [0, 0.1) is 5.92 Å². The first-order chi connectivity index (χ1) is 18.7. The molecule has 4 rings (SSSR count). The van der Waals surface area contributed by atoms with Gasteiger partial charge in [0.05, 0.1) is 0 Å². The lowest BCUT2D eigenvalue weighted by Gasteiger charge is -2.18. The molecule has 2 aliphatic carbocycles. The molecule has 0 aliphatic heterocycles. The third-order valence-electron chi connectivity index (χ3n) is 7.95. The molecule has 2 heterocycles. The van der Waals surface area contributed by atoms with Crippen molar-refractivity contribution in [2.45, 2.75) is 83.5 Å². The molecule has 0 amide bonds. The van der Waals surface area contributed by atoms with Crippen LogP contribution in [-0.4, -0.2) is 9.97 Å². The molecule has 0 saturated carbocycles. The van der Waals surface area contributed by atoms with Gasteiger partial charge in [0.25, 0.3) is 0 Å². The third-order valence-corrected chi connectivity index (χ3v) is 7.95. The lowest BCUT2D eigenvalue weighted by Crippen LogP contribution is -2.03. The quantitative estimate of drug-likeness (QED) is 0.269. The van der Waals surface area contributed by atoms with Gasteiger partial charge in [0.1, 0.15) is 0 Å². The topological polar surface area (TPSA) is 25.8 Å². The second-order valence-electron chi connectivity index (χ2n) is 10.9. The first-order valence-corrected chi connectivity index (χ1v) is 14.6. The fourth-order valence-electron chi connectivity index (χ4n) is 5.73. The van der Waals surface area contributed by atoms with E-state index in [4.69, 9.17) is 0 Å². The maximum atomic E-state index is 4.25. The Morgan fingerprint density at radius 2 is 1.82 bits per heavy atom. The van der Waals surface area contributed by atoms with Gasteiger partial charge in [0, 0.05) is 24.8 Å². The molecule has 2 atom stereocenters. The highest BCUT2D eigenvalue weighted by Crippen LogP contribution is 2.33. The van der Waals surface area contributed by atoms with Gasteiger partial charge in [-0.15, -0.1) is 0 Å². The van der Waals surface area contributed by atoms with Gasteiger partial charge in [-0.25, -0.2) is 0 Å². The van der Waals surface area contributed by atoms with Crippen molar-refractivity contribution in [3.05, 3.63) is 132 Å². The molecule has 2 unspecified atom stereocenters. The van der Waals surface area contributed by atoms with Crippen molar-refractivity contribution in [3.63, 3.8) is 0 Å². The van der Waals surface area contributed by atoms with E-state index in [1.54, 1.807) is 5.57 Å². The summed E-state index contributed by atoms with van der Waals surface area (Å²) in [6.07, 6.45) is 37.0. The average Bonchev–Trinajstić information content (AvgIpc) is 3.27. The molecule has 38 heavy (non-hydrogen) atoms. The van der Waals surface area contributed by atoms with Crippen LogP contribution in [0.5, 0.6) is 0 Å². The molecular formula is C36H44N2. The van der Waals surface area contributed by atoms with Crippen molar-refractivity contribution in [2.75, 3.05) is 0 Å². The highest BCUT2D eigenvalue weighted by Gasteiger charge is 2.17. The summed E-state index contributed by atoms with van der Waals surface area (Å²) in [5, 5.41) is 0. The number of hydrogen-bond acceptors (Lipinski definition) is 2. The van der Waals surface area contributed by atoms with Crippen molar-refractivity contribution in [2.24, 2.45) is 5.92 Å². The molecule has 2 aliphatic rings. The van der Waals surface area contributed by atoms with Crippen LogP contribution in [0.25, 0.3) is 0 Å². The summed E-state index contributed by atoms with van der Waals surface area (Å²) < 4.78 is 0. The summed E-state index contributed by atoms with van der Waals surface area (Å²) in [6.45, 7) is 6.53. The van der Waals surface area contributed by atoms with E-state index in [-0.39, 0.29) is 0 Å². The molecular weight excluding hydrogens is 460 g/mol. The summed E-state index contributed by atoms with van der Waals surface area (Å²) in [5.74, 6) is 1.33. The second-order valence-corrected chi connectivity index (χ2v) is 10.9. The first kappa shape index (κ1) is 27.8. The van der Waals surface area contributed by atoms with Gasteiger partial charge in [0.15, 0.2) is 0 Å². The number of hydrogen-bond donors (Lipinski definition) is 0. The molecule has 0 spiro atoms. The minimum Gasteiger partial charge on any atom is -0.265 e. The lowest BCUT2D eigenvalue weighted by atomic mass is 9.87. The minimum absolute atomic E-state index is 0.609. The monoisotopic (exact) mass is 504 g/mol. The van der Waals surface area contributed by atoms with Gasteiger partial charge in [-0.05, 0) is 128 Å². The first-order valence-electron chi connectivity index (χ1n) is 14.6. The van der Waals surface area contributed by atoms with E-state index in [2.05, 4.69) is 90.3 Å². The second kappa shape index (κ2) is 15.2. The molecule has 0 bridgehead atoms. The van der Waals surface area contributed by atoms with Crippen LogP contribution in [0.2, 0.25) is 0 Å². The maximum absolute atomic E-state index is 4.25. The van der Waals surface area contributed by atoms with Crippen molar-refractivity contribution in [1.29, 1.82) is 0 Å². The fourth-order valence-corrected chi connectivity index (χ4v) is 5.73. The van der Waals surface area contributed by atoms with Gasteiger partial charge in [0.2, 0.25) is 0 Å². The Labute approximate surface area is 230 Å². The van der Waals surface area contributed by atoms with Gasteiger partial charge in [-0.3, -0.25) is 9.97 Å². The molecule has 198 valence electrons. The number of pyridine rings is 2. The summed E-state index contributed by atoms with van der Waals surface area (Å²) in [6, 6.07) is 8.67. The van der Waals surface area contributed by atoms with E-state index in [0.29, 0.717) is 11.8 Å². The Morgan fingerprint density at radius 1 is 1.03 bits per heavy atom.